The van der Waals surface area contributed by atoms with Crippen LogP contribution in [0.3, 0.4) is 0 Å². The fourth-order valence-corrected chi connectivity index (χ4v) is 4.87. The molecule has 0 heterocycles. The van der Waals surface area contributed by atoms with Crippen LogP contribution in [0.15, 0.2) is 12.2 Å². The molecule has 0 spiro atoms. The molecule has 0 aromatic heterocycles. The summed E-state index contributed by atoms with van der Waals surface area (Å²) in [6, 6.07) is 0. The average Bonchev–Trinajstić information content (AvgIpc) is 2.90. The van der Waals surface area contributed by atoms with Gasteiger partial charge in [0.25, 0.3) is 0 Å². The molecule has 0 aliphatic rings. The summed E-state index contributed by atoms with van der Waals surface area (Å²) in [5.74, 6) is 0.390. The van der Waals surface area contributed by atoms with E-state index < -0.39 is 17.7 Å². The maximum absolute atomic E-state index is 12.4. The zero-order valence-corrected chi connectivity index (χ0v) is 26.3. The third-order valence-corrected chi connectivity index (χ3v) is 7.82. The summed E-state index contributed by atoms with van der Waals surface area (Å²) in [5, 5.41) is 9.56. The Morgan fingerprint density at radius 2 is 1.28 bits per heavy atom. The van der Waals surface area contributed by atoms with Gasteiger partial charge in [0, 0.05) is 17.1 Å². The Labute approximate surface area is 243 Å². The second kappa shape index (κ2) is 25.8. The zero-order chi connectivity index (χ0) is 29.2. The molecule has 1 N–H and O–H groups in total. The number of rotatable bonds is 28. The van der Waals surface area contributed by atoms with Gasteiger partial charge in [-0.15, -0.1) is 0 Å². The van der Waals surface area contributed by atoms with Crippen molar-refractivity contribution in [1.82, 2.24) is 0 Å². The van der Waals surface area contributed by atoms with Crippen molar-refractivity contribution in [2.24, 2.45) is 5.41 Å². The maximum atomic E-state index is 12.4. The van der Waals surface area contributed by atoms with E-state index >= 15 is 0 Å². The first-order chi connectivity index (χ1) is 18.7. The highest BCUT2D eigenvalue weighted by Crippen LogP contribution is 2.24. The normalized spacial score (nSPS) is 12.3. The number of thioether (sulfide) groups is 1. The van der Waals surface area contributed by atoms with Gasteiger partial charge in [0.2, 0.25) is 6.29 Å². The highest BCUT2D eigenvalue weighted by molar-refractivity contribution is 7.99. The summed E-state index contributed by atoms with van der Waals surface area (Å²) >= 11 is 1.54. The van der Waals surface area contributed by atoms with Crippen molar-refractivity contribution >= 4 is 23.7 Å². The van der Waals surface area contributed by atoms with Crippen molar-refractivity contribution in [2.45, 2.75) is 137 Å². The van der Waals surface area contributed by atoms with Crippen LogP contribution in [0.4, 0.5) is 0 Å². The monoisotopic (exact) mass is 574 g/mol. The first-order valence-corrected chi connectivity index (χ1v) is 16.4. The molecular formula is C31H58O7S. The number of aliphatic hydroxyl groups excluding tert-OH is 1. The summed E-state index contributed by atoms with van der Waals surface area (Å²) in [6.07, 6.45) is 19.8. The molecule has 0 saturated carbocycles. The molecule has 0 amide bonds. The van der Waals surface area contributed by atoms with E-state index in [9.17, 15) is 14.7 Å². The molecule has 39 heavy (non-hydrogen) atoms. The lowest BCUT2D eigenvalue weighted by Crippen LogP contribution is -2.29. The lowest BCUT2D eigenvalue weighted by molar-refractivity contribution is -0.371. The molecule has 0 aliphatic heterocycles. The fraction of sp³-hybridized carbons (Fsp3) is 0.871. The molecule has 1 unspecified atom stereocenters. The van der Waals surface area contributed by atoms with E-state index in [0.717, 1.165) is 12.8 Å². The van der Waals surface area contributed by atoms with Crippen LogP contribution < -0.4 is 0 Å². The Bertz CT molecular complexity index is 624. The number of ether oxygens (including phenoxy) is 2. The summed E-state index contributed by atoms with van der Waals surface area (Å²) in [7, 11) is 0. The van der Waals surface area contributed by atoms with Crippen molar-refractivity contribution in [3.8, 4) is 0 Å². The molecule has 0 aromatic rings. The lowest BCUT2D eigenvalue weighted by Gasteiger charge is -2.22. The number of aliphatic hydroxyl groups is 1. The van der Waals surface area contributed by atoms with Gasteiger partial charge in [-0.1, -0.05) is 110 Å². The number of carbonyl (C=O) groups excluding carboxylic acids is 2. The van der Waals surface area contributed by atoms with Crippen LogP contribution in [-0.2, 0) is 28.8 Å². The molecule has 8 heteroatoms. The minimum absolute atomic E-state index is 0.178. The van der Waals surface area contributed by atoms with Crippen molar-refractivity contribution in [3.05, 3.63) is 12.2 Å². The van der Waals surface area contributed by atoms with E-state index in [-0.39, 0.29) is 24.8 Å². The van der Waals surface area contributed by atoms with Crippen molar-refractivity contribution in [1.29, 1.82) is 0 Å². The van der Waals surface area contributed by atoms with Crippen molar-refractivity contribution < 1.29 is 33.9 Å². The van der Waals surface area contributed by atoms with Crippen molar-refractivity contribution in [2.75, 3.05) is 31.3 Å². The smallest absolute Gasteiger partial charge is 0.333 e. The maximum Gasteiger partial charge on any atom is 0.333 e. The molecule has 7 nitrogen and oxygen atoms in total. The molecule has 0 aliphatic carbocycles. The van der Waals surface area contributed by atoms with Crippen molar-refractivity contribution in [3.63, 3.8) is 0 Å². The summed E-state index contributed by atoms with van der Waals surface area (Å²) in [4.78, 5) is 33.4. The molecule has 230 valence electrons. The van der Waals surface area contributed by atoms with Crippen LogP contribution in [0.1, 0.15) is 130 Å². The van der Waals surface area contributed by atoms with Crippen LogP contribution >= 0.6 is 11.8 Å². The number of hydrogen-bond donors (Lipinski definition) is 1. The minimum Gasteiger partial charge on any atom is -0.465 e. The van der Waals surface area contributed by atoms with Crippen LogP contribution in [0.25, 0.3) is 0 Å². The molecule has 0 aromatic carbocycles. The van der Waals surface area contributed by atoms with E-state index in [2.05, 4.69) is 13.5 Å². The molecule has 0 rings (SSSR count). The van der Waals surface area contributed by atoms with E-state index in [1.165, 1.54) is 96.8 Å². The van der Waals surface area contributed by atoms with E-state index in [0.29, 0.717) is 18.1 Å². The Morgan fingerprint density at radius 3 is 1.77 bits per heavy atom. The van der Waals surface area contributed by atoms with Gasteiger partial charge in [-0.25, -0.2) is 14.6 Å². The number of esters is 2. The SMILES string of the molecule is C=C(C)C(=O)OCC(O)OOCCSCC(C)(C)C(=O)OCCCCCCCCCCCCCCCCCC. The molecule has 1 atom stereocenters. The Balaban J connectivity index is 3.54. The molecule has 0 radical (unpaired) electrons. The standard InChI is InChI=1S/C31H58O7S/c1-6-7-8-9-10-11-12-13-14-15-16-17-18-19-20-21-22-35-30(34)31(4,5)26-39-24-23-37-38-28(32)25-36-29(33)27(2)3/h28,32H,2,6-26H2,1,3-5H3. The fourth-order valence-electron chi connectivity index (χ4n) is 3.91. The lowest BCUT2D eigenvalue weighted by atomic mass is 9.97. The van der Waals surface area contributed by atoms with Crippen LogP contribution in [0.2, 0.25) is 0 Å². The number of hydrogen-bond acceptors (Lipinski definition) is 8. The van der Waals surface area contributed by atoms with Gasteiger partial charge in [0.05, 0.1) is 18.6 Å². The highest BCUT2D eigenvalue weighted by Gasteiger charge is 2.29. The minimum atomic E-state index is -1.37. The van der Waals surface area contributed by atoms with Gasteiger partial charge in [0.1, 0.15) is 6.61 Å². The third-order valence-electron chi connectivity index (χ3n) is 6.44. The predicted molar refractivity (Wildman–Crippen MR) is 160 cm³/mol. The largest absolute Gasteiger partial charge is 0.465 e. The second-order valence-corrected chi connectivity index (χ2v) is 12.2. The van der Waals surface area contributed by atoms with Gasteiger partial charge in [-0.2, -0.15) is 11.8 Å². The van der Waals surface area contributed by atoms with Crippen LogP contribution in [0.5, 0.6) is 0 Å². The van der Waals surface area contributed by atoms with Gasteiger partial charge in [0.15, 0.2) is 0 Å². The van der Waals surface area contributed by atoms with E-state index in [1.807, 2.05) is 13.8 Å². The first kappa shape index (κ1) is 37.9. The summed E-state index contributed by atoms with van der Waals surface area (Å²) in [5.41, 5.74) is -0.345. The highest BCUT2D eigenvalue weighted by atomic mass is 32.2. The Hall–Kier alpha value is -1.09. The topological polar surface area (TPSA) is 91.3 Å². The first-order valence-electron chi connectivity index (χ1n) is 15.2. The number of carbonyl (C=O) groups is 2. The quantitative estimate of drug-likeness (QED) is 0.0251. The Kier molecular flexibility index (Phi) is 25.1. The molecular weight excluding hydrogens is 516 g/mol. The van der Waals surface area contributed by atoms with Gasteiger partial charge >= 0.3 is 11.9 Å². The summed E-state index contributed by atoms with van der Waals surface area (Å²) in [6.45, 7) is 11.4. The second-order valence-electron chi connectivity index (χ2n) is 11.1. The van der Waals surface area contributed by atoms with E-state index in [4.69, 9.17) is 19.2 Å². The van der Waals surface area contributed by atoms with Crippen LogP contribution in [-0.4, -0.2) is 54.7 Å². The molecule has 0 bridgehead atoms. The Morgan fingerprint density at radius 1 is 0.795 bits per heavy atom. The average molecular weight is 575 g/mol. The van der Waals surface area contributed by atoms with Gasteiger partial charge in [-0.05, 0) is 27.2 Å². The molecule has 0 saturated heterocycles. The summed E-state index contributed by atoms with van der Waals surface area (Å²) < 4.78 is 10.3. The third kappa shape index (κ3) is 24.4. The van der Waals surface area contributed by atoms with Crippen LogP contribution in [0, 0.1) is 5.41 Å². The predicted octanol–water partition coefficient (Wildman–Crippen LogP) is 7.94. The van der Waals surface area contributed by atoms with Gasteiger partial charge in [-0.3, -0.25) is 4.79 Å². The number of unbranched alkanes of at least 4 members (excludes halogenated alkanes) is 15. The zero-order valence-electron chi connectivity index (χ0n) is 25.4. The molecule has 0 fully saturated rings. The van der Waals surface area contributed by atoms with Gasteiger partial charge < -0.3 is 14.6 Å². The van der Waals surface area contributed by atoms with E-state index in [1.54, 1.807) is 11.8 Å².